The molecule has 0 radical (unpaired) electrons. The highest BCUT2D eigenvalue weighted by Gasteiger charge is 2.17. The summed E-state index contributed by atoms with van der Waals surface area (Å²) >= 11 is 13.5. The van der Waals surface area contributed by atoms with Crippen molar-refractivity contribution in [3.63, 3.8) is 0 Å². The van der Waals surface area contributed by atoms with Gasteiger partial charge in [0.15, 0.2) is 0 Å². The van der Waals surface area contributed by atoms with Crippen LogP contribution in [0.3, 0.4) is 0 Å². The average Bonchev–Trinajstić information content (AvgIpc) is 3.19. The van der Waals surface area contributed by atoms with Crippen LogP contribution in [0.25, 0.3) is 10.1 Å². The van der Waals surface area contributed by atoms with Gasteiger partial charge in [0.2, 0.25) is 0 Å². The van der Waals surface area contributed by atoms with Crippen molar-refractivity contribution in [1.82, 2.24) is 10.7 Å². The van der Waals surface area contributed by atoms with Gasteiger partial charge in [-0.15, -0.1) is 11.3 Å². The van der Waals surface area contributed by atoms with Crippen LogP contribution in [-0.2, 0) is 11.4 Å². The van der Waals surface area contributed by atoms with Gasteiger partial charge in [-0.2, -0.15) is 5.10 Å². The van der Waals surface area contributed by atoms with E-state index in [1.165, 1.54) is 17.6 Å². The number of nitrogens with one attached hydrogen (secondary N) is 2. The highest BCUT2D eigenvalue weighted by atomic mass is 35.5. The molecule has 0 spiro atoms. The third-order valence-corrected chi connectivity index (χ3v) is 6.70. The van der Waals surface area contributed by atoms with Crippen LogP contribution in [0.1, 0.15) is 20.8 Å². The van der Waals surface area contributed by atoms with E-state index in [2.05, 4.69) is 15.8 Å². The van der Waals surface area contributed by atoms with E-state index in [9.17, 15) is 9.59 Å². The van der Waals surface area contributed by atoms with Crippen LogP contribution < -0.4 is 15.5 Å². The Morgan fingerprint density at radius 3 is 2.50 bits per heavy atom. The summed E-state index contributed by atoms with van der Waals surface area (Å²) in [6, 6.07) is 22.2. The van der Waals surface area contributed by atoms with Gasteiger partial charge in [0.1, 0.15) is 17.2 Å². The molecule has 1 heterocycles. The fourth-order valence-corrected chi connectivity index (χ4v) is 4.63. The van der Waals surface area contributed by atoms with Crippen LogP contribution in [-0.4, -0.2) is 24.6 Å². The van der Waals surface area contributed by atoms with Gasteiger partial charge in [0.25, 0.3) is 11.8 Å². The fraction of sp³-hybridized carbons (Fsp3) is 0.0800. The van der Waals surface area contributed by atoms with Gasteiger partial charge in [0, 0.05) is 20.7 Å². The Morgan fingerprint density at radius 1 is 0.971 bits per heavy atom. The number of rotatable bonds is 8. The van der Waals surface area contributed by atoms with Gasteiger partial charge >= 0.3 is 0 Å². The minimum atomic E-state index is -0.471. The minimum absolute atomic E-state index is 0.241. The molecule has 1 aromatic heterocycles. The molecule has 0 unspecified atom stereocenters. The Labute approximate surface area is 210 Å². The molecule has 0 aliphatic rings. The van der Waals surface area contributed by atoms with Crippen LogP contribution >= 0.6 is 34.5 Å². The zero-order chi connectivity index (χ0) is 23.9. The van der Waals surface area contributed by atoms with Crippen LogP contribution in [0.2, 0.25) is 10.0 Å². The van der Waals surface area contributed by atoms with Crippen LogP contribution in [0.5, 0.6) is 5.75 Å². The molecule has 0 bridgehead atoms. The number of hydrazone groups is 1. The maximum Gasteiger partial charge on any atom is 0.263 e. The Morgan fingerprint density at radius 2 is 1.71 bits per heavy atom. The van der Waals surface area contributed by atoms with E-state index in [4.69, 9.17) is 27.9 Å². The molecule has 0 atom stereocenters. The van der Waals surface area contributed by atoms with E-state index < -0.39 is 11.8 Å². The molecule has 4 aromatic rings. The Balaban J connectivity index is 1.30. The molecule has 4 rings (SSSR count). The molecule has 0 saturated heterocycles. The molecule has 0 saturated carbocycles. The summed E-state index contributed by atoms with van der Waals surface area (Å²) in [6.07, 6.45) is 1.49. The number of benzene rings is 3. The number of halogens is 2. The number of carbonyl (C=O) groups is 2. The summed E-state index contributed by atoms with van der Waals surface area (Å²) in [5, 5.41) is 8.40. The molecule has 2 N–H and O–H groups in total. The third kappa shape index (κ3) is 5.94. The van der Waals surface area contributed by atoms with Crippen molar-refractivity contribution in [2.75, 3.05) is 6.54 Å². The van der Waals surface area contributed by atoms with Crippen LogP contribution in [0.4, 0.5) is 0 Å². The maximum absolute atomic E-state index is 12.5. The second-order valence-electron chi connectivity index (χ2n) is 7.17. The zero-order valence-electron chi connectivity index (χ0n) is 17.8. The van der Waals surface area contributed by atoms with Crippen molar-refractivity contribution >= 4 is 62.7 Å². The van der Waals surface area contributed by atoms with E-state index in [0.29, 0.717) is 32.8 Å². The molecule has 6 nitrogen and oxygen atoms in total. The molecule has 9 heteroatoms. The number of hydrogen-bond donors (Lipinski definition) is 2. The third-order valence-electron chi connectivity index (χ3n) is 4.77. The van der Waals surface area contributed by atoms with E-state index in [1.807, 2.05) is 60.7 Å². The fourth-order valence-electron chi connectivity index (χ4n) is 3.07. The number of hydrogen-bond acceptors (Lipinski definition) is 5. The number of thiophene rings is 1. The SMILES string of the molecule is O=C(CNC(=O)c1sc2ccccc2c1Cl)N/N=C/c1ccccc1OCc1ccc(Cl)cc1. The largest absolute Gasteiger partial charge is 0.488 e. The lowest BCUT2D eigenvalue weighted by Gasteiger charge is -2.09. The topological polar surface area (TPSA) is 79.8 Å². The molecule has 0 aliphatic heterocycles. The van der Waals surface area contributed by atoms with E-state index >= 15 is 0 Å². The Kier molecular flexibility index (Phi) is 7.80. The van der Waals surface area contributed by atoms with Gasteiger partial charge in [-0.25, -0.2) is 5.43 Å². The predicted octanol–water partition coefficient (Wildman–Crippen LogP) is 5.67. The zero-order valence-corrected chi connectivity index (χ0v) is 20.1. The number of para-hydroxylation sites is 1. The Hall–Kier alpha value is -3.39. The van der Waals surface area contributed by atoms with Gasteiger partial charge in [-0.1, -0.05) is 65.7 Å². The van der Waals surface area contributed by atoms with Gasteiger partial charge < -0.3 is 10.1 Å². The summed E-state index contributed by atoms with van der Waals surface area (Å²) in [6.45, 7) is 0.121. The summed E-state index contributed by atoms with van der Waals surface area (Å²) in [5.74, 6) is -0.268. The average molecular weight is 512 g/mol. The molecular weight excluding hydrogens is 493 g/mol. The number of carbonyl (C=O) groups excluding carboxylic acids is 2. The first-order valence-corrected chi connectivity index (χ1v) is 11.8. The first-order chi connectivity index (χ1) is 16.5. The van der Waals surface area contributed by atoms with Crippen molar-refractivity contribution in [3.8, 4) is 5.75 Å². The Bertz CT molecular complexity index is 1350. The van der Waals surface area contributed by atoms with Crippen LogP contribution in [0, 0.1) is 0 Å². The van der Waals surface area contributed by atoms with E-state index in [0.717, 1.165) is 15.6 Å². The summed E-state index contributed by atoms with van der Waals surface area (Å²) in [7, 11) is 0. The second-order valence-corrected chi connectivity index (χ2v) is 9.04. The minimum Gasteiger partial charge on any atom is -0.488 e. The molecule has 34 heavy (non-hydrogen) atoms. The quantitative estimate of drug-likeness (QED) is 0.236. The van der Waals surface area contributed by atoms with E-state index in [-0.39, 0.29) is 6.54 Å². The highest BCUT2D eigenvalue weighted by molar-refractivity contribution is 7.21. The lowest BCUT2D eigenvalue weighted by atomic mass is 10.2. The first-order valence-electron chi connectivity index (χ1n) is 10.2. The van der Waals surface area contributed by atoms with Crippen molar-refractivity contribution in [2.24, 2.45) is 5.10 Å². The van der Waals surface area contributed by atoms with E-state index in [1.54, 1.807) is 12.1 Å². The molecular formula is C25H19Cl2N3O3S. The maximum atomic E-state index is 12.5. The molecule has 172 valence electrons. The molecule has 2 amide bonds. The highest BCUT2D eigenvalue weighted by Crippen LogP contribution is 2.34. The van der Waals surface area contributed by atoms with Crippen molar-refractivity contribution in [1.29, 1.82) is 0 Å². The summed E-state index contributed by atoms with van der Waals surface area (Å²) in [5.41, 5.74) is 4.07. The van der Waals surface area contributed by atoms with Crippen molar-refractivity contribution in [2.45, 2.75) is 6.61 Å². The van der Waals surface area contributed by atoms with Gasteiger partial charge in [-0.05, 0) is 35.9 Å². The summed E-state index contributed by atoms with van der Waals surface area (Å²) < 4.78 is 6.78. The lowest BCUT2D eigenvalue weighted by molar-refractivity contribution is -0.120. The first kappa shape index (κ1) is 23.8. The smallest absolute Gasteiger partial charge is 0.263 e. The normalized spacial score (nSPS) is 11.0. The van der Waals surface area contributed by atoms with Crippen LogP contribution in [0.15, 0.2) is 77.9 Å². The predicted molar refractivity (Wildman–Crippen MR) is 137 cm³/mol. The van der Waals surface area contributed by atoms with Crippen molar-refractivity contribution < 1.29 is 14.3 Å². The number of nitrogens with zero attached hydrogens (tertiary/aromatic N) is 1. The molecule has 3 aromatic carbocycles. The van der Waals surface area contributed by atoms with Gasteiger partial charge in [-0.3, -0.25) is 9.59 Å². The number of fused-ring (bicyclic) bond motifs is 1. The lowest BCUT2D eigenvalue weighted by Crippen LogP contribution is -2.34. The summed E-state index contributed by atoms with van der Waals surface area (Å²) in [4.78, 5) is 25.0. The number of ether oxygens (including phenoxy) is 1. The molecule has 0 fully saturated rings. The van der Waals surface area contributed by atoms with Crippen molar-refractivity contribution in [3.05, 3.63) is 98.8 Å². The number of amides is 2. The van der Waals surface area contributed by atoms with Gasteiger partial charge in [0.05, 0.1) is 17.8 Å². The monoisotopic (exact) mass is 511 g/mol. The second kappa shape index (κ2) is 11.2. The molecule has 0 aliphatic carbocycles. The standard InChI is InChI=1S/C25H19Cl2N3O3S/c26-18-11-9-16(10-12-18)15-33-20-7-3-1-5-17(20)13-29-30-22(31)14-28-25(32)24-23(27)19-6-2-4-8-21(19)34-24/h1-13H,14-15H2,(H,28,32)(H,30,31)/b29-13+.